The molecule has 0 fully saturated rings. The summed E-state index contributed by atoms with van der Waals surface area (Å²) in [5.74, 6) is 0.312. The summed E-state index contributed by atoms with van der Waals surface area (Å²) in [7, 11) is 0. The summed E-state index contributed by atoms with van der Waals surface area (Å²) in [6, 6.07) is 6.17. The predicted molar refractivity (Wildman–Crippen MR) is 64.0 cm³/mol. The fourth-order valence-electron chi connectivity index (χ4n) is 1.49. The van der Waals surface area contributed by atoms with Crippen LogP contribution >= 0.6 is 0 Å². The molecule has 92 valence electrons. The molecule has 0 amide bonds. The van der Waals surface area contributed by atoms with Crippen molar-refractivity contribution in [3.63, 3.8) is 0 Å². The molecule has 0 aliphatic carbocycles. The molecule has 0 heterocycles. The summed E-state index contributed by atoms with van der Waals surface area (Å²) in [4.78, 5) is 0. The highest BCUT2D eigenvalue weighted by atomic mass is 19.1. The van der Waals surface area contributed by atoms with Crippen molar-refractivity contribution in [1.82, 2.24) is 0 Å². The van der Waals surface area contributed by atoms with Crippen molar-refractivity contribution in [1.29, 1.82) is 5.26 Å². The van der Waals surface area contributed by atoms with E-state index in [1.54, 1.807) is 13.0 Å². The Morgan fingerprint density at radius 3 is 2.88 bits per heavy atom. The summed E-state index contributed by atoms with van der Waals surface area (Å²) < 4.78 is 18.6. The molecule has 0 spiro atoms. The second-order valence-electron chi connectivity index (χ2n) is 3.93. The number of nitriles is 1. The first-order valence-corrected chi connectivity index (χ1v) is 5.70. The van der Waals surface area contributed by atoms with Crippen LogP contribution in [0.1, 0.15) is 37.8 Å². The zero-order chi connectivity index (χ0) is 12.7. The Balaban J connectivity index is 2.55. The lowest BCUT2D eigenvalue weighted by Gasteiger charge is -2.13. The van der Waals surface area contributed by atoms with Crippen LogP contribution in [0.5, 0.6) is 5.75 Å². The van der Waals surface area contributed by atoms with Gasteiger partial charge < -0.3 is 10.5 Å². The summed E-state index contributed by atoms with van der Waals surface area (Å²) in [6.45, 7) is 2.31. The Labute approximate surface area is 101 Å². The number of ether oxygens (including phenoxy) is 1. The van der Waals surface area contributed by atoms with Gasteiger partial charge in [-0.15, -0.1) is 0 Å². The van der Waals surface area contributed by atoms with Crippen LogP contribution in [0.15, 0.2) is 18.2 Å². The molecule has 1 aromatic carbocycles. The van der Waals surface area contributed by atoms with Crippen LogP contribution in [0, 0.1) is 17.1 Å². The van der Waals surface area contributed by atoms with Crippen molar-refractivity contribution in [2.75, 3.05) is 6.61 Å². The lowest BCUT2D eigenvalue weighted by atomic mass is 10.1. The number of halogens is 1. The van der Waals surface area contributed by atoms with Crippen LogP contribution in [0.3, 0.4) is 0 Å². The van der Waals surface area contributed by atoms with Crippen LogP contribution in [0.4, 0.5) is 4.39 Å². The van der Waals surface area contributed by atoms with Crippen LogP contribution in [-0.4, -0.2) is 6.61 Å². The van der Waals surface area contributed by atoms with E-state index in [2.05, 4.69) is 6.07 Å². The molecule has 0 aliphatic rings. The molecule has 0 saturated heterocycles. The van der Waals surface area contributed by atoms with E-state index in [0.29, 0.717) is 24.3 Å². The molecule has 0 bridgehead atoms. The van der Waals surface area contributed by atoms with E-state index in [0.717, 1.165) is 12.8 Å². The first-order valence-electron chi connectivity index (χ1n) is 5.70. The van der Waals surface area contributed by atoms with E-state index >= 15 is 0 Å². The van der Waals surface area contributed by atoms with Crippen LogP contribution in [-0.2, 0) is 0 Å². The van der Waals surface area contributed by atoms with Crippen molar-refractivity contribution < 1.29 is 9.13 Å². The third kappa shape index (κ3) is 4.41. The van der Waals surface area contributed by atoms with Gasteiger partial charge in [0.15, 0.2) is 0 Å². The van der Waals surface area contributed by atoms with E-state index in [1.807, 2.05) is 0 Å². The van der Waals surface area contributed by atoms with Gasteiger partial charge in [-0.2, -0.15) is 5.26 Å². The zero-order valence-electron chi connectivity index (χ0n) is 9.95. The van der Waals surface area contributed by atoms with E-state index < -0.39 is 0 Å². The minimum absolute atomic E-state index is 0.264. The fraction of sp³-hybridized carbons (Fsp3) is 0.462. The Bertz CT molecular complexity index is 399. The predicted octanol–water partition coefficient (Wildman–Crippen LogP) is 2.92. The topological polar surface area (TPSA) is 59.0 Å². The van der Waals surface area contributed by atoms with Gasteiger partial charge in [-0.05, 0) is 38.0 Å². The Hall–Kier alpha value is -1.60. The van der Waals surface area contributed by atoms with Gasteiger partial charge in [0.1, 0.15) is 11.6 Å². The second kappa shape index (κ2) is 6.87. The fourth-order valence-corrected chi connectivity index (χ4v) is 1.49. The molecule has 0 aliphatic heterocycles. The number of nitrogens with two attached hydrogens (primary N) is 1. The van der Waals surface area contributed by atoms with E-state index in [9.17, 15) is 4.39 Å². The van der Waals surface area contributed by atoms with Crippen molar-refractivity contribution >= 4 is 0 Å². The largest absolute Gasteiger partial charge is 0.493 e. The average molecular weight is 236 g/mol. The van der Waals surface area contributed by atoms with Crippen molar-refractivity contribution in [2.45, 2.75) is 32.2 Å². The number of nitrogens with zero attached hydrogens (tertiary/aromatic N) is 1. The third-order valence-electron chi connectivity index (χ3n) is 2.40. The van der Waals surface area contributed by atoms with Gasteiger partial charge in [0.05, 0.1) is 12.7 Å². The van der Waals surface area contributed by atoms with Crippen molar-refractivity contribution in [2.24, 2.45) is 5.73 Å². The number of hydrogen-bond acceptors (Lipinski definition) is 3. The molecule has 0 aromatic heterocycles. The number of rotatable bonds is 6. The van der Waals surface area contributed by atoms with Crippen LogP contribution < -0.4 is 10.5 Å². The van der Waals surface area contributed by atoms with Gasteiger partial charge in [-0.25, -0.2) is 4.39 Å². The van der Waals surface area contributed by atoms with Crippen LogP contribution in [0.2, 0.25) is 0 Å². The third-order valence-corrected chi connectivity index (χ3v) is 2.40. The molecule has 17 heavy (non-hydrogen) atoms. The maximum absolute atomic E-state index is 13.0. The maximum Gasteiger partial charge on any atom is 0.124 e. The maximum atomic E-state index is 13.0. The molecule has 3 nitrogen and oxygen atoms in total. The van der Waals surface area contributed by atoms with Gasteiger partial charge in [0.2, 0.25) is 0 Å². The lowest BCUT2D eigenvalue weighted by molar-refractivity contribution is 0.302. The van der Waals surface area contributed by atoms with Crippen LogP contribution in [0.25, 0.3) is 0 Å². The molecule has 0 saturated carbocycles. The number of benzene rings is 1. The smallest absolute Gasteiger partial charge is 0.124 e. The van der Waals surface area contributed by atoms with Gasteiger partial charge >= 0.3 is 0 Å². The summed E-state index contributed by atoms with van der Waals surface area (Å²) >= 11 is 0. The Kier molecular flexibility index (Phi) is 5.44. The quantitative estimate of drug-likeness (QED) is 0.772. The lowest BCUT2D eigenvalue weighted by Crippen LogP contribution is -2.09. The summed E-state index contributed by atoms with van der Waals surface area (Å²) in [5.41, 5.74) is 6.42. The first-order chi connectivity index (χ1) is 8.15. The highest BCUT2D eigenvalue weighted by Crippen LogP contribution is 2.24. The molecule has 1 aromatic rings. The van der Waals surface area contributed by atoms with E-state index in [4.69, 9.17) is 15.7 Å². The standard InChI is InChI=1S/C13H17FN2O/c1-10(16)12-9-11(14)5-6-13(12)17-8-4-2-3-7-15/h5-6,9-10H,2-4,8,16H2,1H3. The molecule has 1 atom stereocenters. The Morgan fingerprint density at radius 2 is 2.24 bits per heavy atom. The molecular weight excluding hydrogens is 219 g/mol. The SMILES string of the molecule is CC(N)c1cc(F)ccc1OCCCCC#N. The minimum atomic E-state index is -0.311. The summed E-state index contributed by atoms with van der Waals surface area (Å²) in [6.07, 6.45) is 2.15. The zero-order valence-corrected chi connectivity index (χ0v) is 9.95. The highest BCUT2D eigenvalue weighted by Gasteiger charge is 2.09. The molecule has 1 rings (SSSR count). The van der Waals surface area contributed by atoms with Crippen molar-refractivity contribution in [3.05, 3.63) is 29.6 Å². The highest BCUT2D eigenvalue weighted by molar-refractivity contribution is 5.36. The van der Waals surface area contributed by atoms with Gasteiger partial charge in [-0.3, -0.25) is 0 Å². The molecule has 0 radical (unpaired) electrons. The number of unbranched alkanes of at least 4 members (excludes halogenated alkanes) is 2. The Morgan fingerprint density at radius 1 is 1.47 bits per heavy atom. The van der Waals surface area contributed by atoms with E-state index in [-0.39, 0.29) is 11.9 Å². The first kappa shape index (κ1) is 13.5. The average Bonchev–Trinajstić information content (AvgIpc) is 2.30. The normalized spacial score (nSPS) is 11.9. The van der Waals surface area contributed by atoms with E-state index in [1.165, 1.54) is 12.1 Å². The molecular formula is C13H17FN2O. The molecule has 2 N–H and O–H groups in total. The number of hydrogen-bond donors (Lipinski definition) is 1. The van der Waals surface area contributed by atoms with Crippen molar-refractivity contribution in [3.8, 4) is 11.8 Å². The van der Waals surface area contributed by atoms with Gasteiger partial charge in [0, 0.05) is 18.0 Å². The molecule has 1 unspecified atom stereocenters. The van der Waals surface area contributed by atoms with Gasteiger partial charge in [0.25, 0.3) is 0 Å². The summed E-state index contributed by atoms with van der Waals surface area (Å²) in [5, 5.41) is 8.38. The minimum Gasteiger partial charge on any atom is -0.493 e. The van der Waals surface area contributed by atoms with Gasteiger partial charge in [-0.1, -0.05) is 0 Å². The molecule has 4 heteroatoms. The second-order valence-corrected chi connectivity index (χ2v) is 3.93. The monoisotopic (exact) mass is 236 g/mol.